The number of hydrogen-bond acceptors (Lipinski definition) is 2. The quantitative estimate of drug-likeness (QED) is 0.374. The van der Waals surface area contributed by atoms with Crippen molar-refractivity contribution in [2.45, 2.75) is 24.9 Å². The molecule has 0 fully saturated rings. The van der Waals surface area contributed by atoms with Crippen LogP contribution in [0.3, 0.4) is 0 Å². The first-order chi connectivity index (χ1) is 14.2. The molecule has 0 saturated heterocycles. The van der Waals surface area contributed by atoms with Gasteiger partial charge >= 0.3 is 167 Å². The van der Waals surface area contributed by atoms with E-state index >= 15 is 0 Å². The molecule has 0 bridgehead atoms. The van der Waals surface area contributed by atoms with Crippen molar-refractivity contribution in [2.24, 2.45) is 0 Å². The van der Waals surface area contributed by atoms with Gasteiger partial charge in [0, 0.05) is 0 Å². The molecule has 1 aliphatic carbocycles. The Kier molecular flexibility index (Phi) is 3.51. The van der Waals surface area contributed by atoms with Gasteiger partial charge in [0.25, 0.3) is 0 Å². The molecule has 6 rings (SSSR count). The summed E-state index contributed by atoms with van der Waals surface area (Å²) in [6.07, 6.45) is 2.27. The van der Waals surface area contributed by atoms with Gasteiger partial charge in [-0.15, -0.1) is 0 Å². The molecule has 1 aliphatic rings. The zero-order valence-corrected chi connectivity index (χ0v) is 15.8. The van der Waals surface area contributed by atoms with Gasteiger partial charge in [0.15, 0.2) is 0 Å². The maximum atomic E-state index is 14.9. The van der Waals surface area contributed by atoms with Crippen molar-refractivity contribution >= 4 is 39.6 Å². The molecular weight excluding hydrogens is 362 g/mol. The summed E-state index contributed by atoms with van der Waals surface area (Å²) in [6, 6.07) is 21.0. The van der Waals surface area contributed by atoms with Gasteiger partial charge in [-0.2, -0.15) is 0 Å². The number of halogens is 1. The molecule has 2 nitrogen and oxygen atoms in total. The molecule has 0 saturated carbocycles. The fourth-order valence-corrected chi connectivity index (χ4v) is 5.09. The van der Waals surface area contributed by atoms with Crippen molar-refractivity contribution in [2.75, 3.05) is 0 Å². The molecule has 1 N–H and O–H groups in total. The van der Waals surface area contributed by atoms with Crippen LogP contribution in [0, 0.1) is 5.82 Å². The van der Waals surface area contributed by atoms with E-state index < -0.39 is 5.60 Å². The number of hydrogen-bond donors (Lipinski definition) is 1. The summed E-state index contributed by atoms with van der Waals surface area (Å²) < 4.78 is 20.6. The van der Waals surface area contributed by atoms with Crippen molar-refractivity contribution in [1.82, 2.24) is 0 Å². The number of aliphatic hydroxyl groups is 1. The van der Waals surface area contributed by atoms with Gasteiger partial charge in [-0.1, -0.05) is 0 Å². The van der Waals surface area contributed by atoms with Gasteiger partial charge in [0.1, 0.15) is 0 Å². The van der Waals surface area contributed by atoms with E-state index in [1.807, 2.05) is 60.7 Å². The van der Waals surface area contributed by atoms with Crippen molar-refractivity contribution in [1.29, 1.82) is 0 Å². The van der Waals surface area contributed by atoms with E-state index in [0.717, 1.165) is 56.6 Å². The fraction of sp³-hybridized carbons (Fsp3) is 0.160. The molecule has 4 aromatic carbocycles. The van der Waals surface area contributed by atoms with Crippen LogP contribution in [-0.2, 0) is 12.0 Å². The Bertz CT molecular complexity index is 1420. The number of rotatable bonds is 1. The Morgan fingerprint density at radius 3 is 2.45 bits per heavy atom. The van der Waals surface area contributed by atoms with Gasteiger partial charge in [0.2, 0.25) is 0 Å². The van der Waals surface area contributed by atoms with Gasteiger partial charge in [-0.3, -0.25) is 0 Å². The van der Waals surface area contributed by atoms with Crippen molar-refractivity contribution in [3.63, 3.8) is 0 Å². The third-order valence-electron chi connectivity index (χ3n) is 6.44. The summed E-state index contributed by atoms with van der Waals surface area (Å²) in [5.74, 6) is -0.218. The van der Waals surface area contributed by atoms with E-state index in [1.54, 1.807) is 13.2 Å². The molecule has 140 valence electrons. The van der Waals surface area contributed by atoms with E-state index in [9.17, 15) is 9.50 Å². The molecule has 29 heavy (non-hydrogen) atoms. The Morgan fingerprint density at radius 1 is 0.862 bits per heavy atom. The molecule has 0 radical (unpaired) electrons. The summed E-state index contributed by atoms with van der Waals surface area (Å²) >= 11 is 0. The number of aryl methyl sites for hydroxylation is 1. The van der Waals surface area contributed by atoms with Crippen LogP contribution >= 0.6 is 0 Å². The second-order valence-electron chi connectivity index (χ2n) is 7.95. The number of benzene rings is 4. The molecule has 1 unspecified atom stereocenters. The SMILES string of the molecule is OC1(c2boc3ccccc23)CCCc2c1ccc1c2cc(F)c2ccccc21. The summed E-state index contributed by atoms with van der Waals surface area (Å²) in [5, 5.41) is 16.3. The summed E-state index contributed by atoms with van der Waals surface area (Å²) in [5.41, 5.74) is 2.30. The van der Waals surface area contributed by atoms with Crippen LogP contribution in [0.25, 0.3) is 32.5 Å². The molecule has 5 aromatic rings. The Morgan fingerprint density at radius 2 is 1.59 bits per heavy atom. The minimum atomic E-state index is -1.14. The van der Waals surface area contributed by atoms with Gasteiger partial charge in [-0.25, -0.2) is 0 Å². The first kappa shape index (κ1) is 16.9. The number of fused-ring (bicyclic) bond motifs is 6. The summed E-state index contributed by atoms with van der Waals surface area (Å²) in [6.45, 7) is 0. The van der Waals surface area contributed by atoms with Crippen LogP contribution < -0.4 is 0 Å². The van der Waals surface area contributed by atoms with Crippen molar-refractivity contribution < 1.29 is 13.8 Å². The van der Waals surface area contributed by atoms with Crippen LogP contribution in [0.15, 0.2) is 71.1 Å². The van der Waals surface area contributed by atoms with E-state index in [1.165, 1.54) is 0 Å². The Balaban J connectivity index is 1.67. The van der Waals surface area contributed by atoms with E-state index in [-0.39, 0.29) is 5.82 Å². The van der Waals surface area contributed by atoms with Crippen LogP contribution in [0.4, 0.5) is 4.39 Å². The molecule has 0 spiro atoms. The second kappa shape index (κ2) is 6.01. The van der Waals surface area contributed by atoms with E-state index in [4.69, 9.17) is 4.33 Å². The second-order valence-corrected chi connectivity index (χ2v) is 7.95. The molecule has 0 amide bonds. The zero-order chi connectivity index (χ0) is 19.6. The molecule has 0 aliphatic heterocycles. The molecule has 1 aromatic heterocycles. The maximum absolute atomic E-state index is 14.9. The molecular formula is C25H18BFO2. The first-order valence-electron chi connectivity index (χ1n) is 9.99. The van der Waals surface area contributed by atoms with Crippen LogP contribution in [-0.4, -0.2) is 12.2 Å². The molecule has 4 heteroatoms. The standard InChI is InChI=1S/C25H18BFO2/c27-22-14-20-16(15-6-1-2-7-18(15)22)11-12-21-17(20)9-5-13-25(21,28)24-19-8-3-4-10-23(19)29-26-24/h1-4,6-8,10-12,14,28H,5,9,13H2. The topological polar surface area (TPSA) is 33.4 Å². The van der Waals surface area contributed by atoms with Crippen LogP contribution in [0.5, 0.6) is 0 Å². The fourth-order valence-electron chi connectivity index (χ4n) is 5.09. The summed E-state index contributed by atoms with van der Waals surface area (Å²) in [4.78, 5) is 0. The molecule has 1 heterocycles. The van der Waals surface area contributed by atoms with Crippen LogP contribution in [0.2, 0.25) is 0 Å². The van der Waals surface area contributed by atoms with E-state index in [2.05, 4.69) is 0 Å². The van der Waals surface area contributed by atoms with Crippen molar-refractivity contribution in [3.8, 4) is 0 Å². The molecule has 1 atom stereocenters. The normalized spacial score (nSPS) is 19.0. The summed E-state index contributed by atoms with van der Waals surface area (Å²) in [7, 11) is 1.67. The van der Waals surface area contributed by atoms with E-state index in [0.29, 0.717) is 11.8 Å². The van der Waals surface area contributed by atoms with Gasteiger partial charge < -0.3 is 0 Å². The monoisotopic (exact) mass is 380 g/mol. The third-order valence-corrected chi connectivity index (χ3v) is 6.44. The van der Waals surface area contributed by atoms with Gasteiger partial charge in [0.05, 0.1) is 0 Å². The Hall–Kier alpha value is -2.98. The zero-order valence-electron chi connectivity index (χ0n) is 15.8. The average molecular weight is 380 g/mol. The van der Waals surface area contributed by atoms with Gasteiger partial charge in [-0.05, 0) is 0 Å². The van der Waals surface area contributed by atoms with Crippen molar-refractivity contribution in [3.05, 3.63) is 89.1 Å². The predicted octanol–water partition coefficient (Wildman–Crippen LogP) is 5.79. The first-order valence-corrected chi connectivity index (χ1v) is 9.99. The van der Waals surface area contributed by atoms with Crippen LogP contribution in [0.1, 0.15) is 29.4 Å². The predicted molar refractivity (Wildman–Crippen MR) is 115 cm³/mol. The Labute approximate surface area is 167 Å². The third kappa shape index (κ3) is 2.30. The number of para-hydroxylation sites is 1. The minimum absolute atomic E-state index is 0.218. The average Bonchev–Trinajstić information content (AvgIpc) is 3.19.